The number of rotatable bonds is 3. The lowest BCUT2D eigenvalue weighted by Crippen LogP contribution is -1.97. The molecular weight excluding hydrogens is 222 g/mol. The number of carboxylic acid groups (broad SMARTS) is 1. The van der Waals surface area contributed by atoms with Gasteiger partial charge in [0.15, 0.2) is 0 Å². The minimum atomic E-state index is -0.892. The van der Waals surface area contributed by atoms with Crippen LogP contribution in [0.3, 0.4) is 0 Å². The third kappa shape index (κ3) is 1.92. The van der Waals surface area contributed by atoms with Gasteiger partial charge >= 0.3 is 5.97 Å². The second kappa shape index (κ2) is 4.37. The van der Waals surface area contributed by atoms with Gasteiger partial charge in [-0.3, -0.25) is 0 Å². The average Bonchev–Trinajstić information content (AvgIpc) is 2.74. The van der Waals surface area contributed by atoms with Crippen molar-refractivity contribution in [2.75, 3.05) is 12.4 Å². The van der Waals surface area contributed by atoms with E-state index in [0.717, 1.165) is 10.4 Å². The fourth-order valence-corrected chi connectivity index (χ4v) is 2.49. The van der Waals surface area contributed by atoms with Crippen molar-refractivity contribution in [3.05, 3.63) is 41.3 Å². The molecule has 2 aromatic rings. The van der Waals surface area contributed by atoms with Crippen molar-refractivity contribution in [2.24, 2.45) is 0 Å². The van der Waals surface area contributed by atoms with Crippen LogP contribution in [0.1, 0.15) is 9.67 Å². The third-order valence-corrected chi connectivity index (χ3v) is 3.43. The molecule has 0 atom stereocenters. The van der Waals surface area contributed by atoms with E-state index in [1.807, 2.05) is 36.4 Å². The fourth-order valence-electron chi connectivity index (χ4n) is 1.48. The van der Waals surface area contributed by atoms with Gasteiger partial charge in [0.05, 0.1) is 5.69 Å². The molecule has 82 valence electrons. The lowest BCUT2D eigenvalue weighted by Gasteiger charge is -1.95. The fraction of sp³-hybridized carbons (Fsp3) is 0.0833. The Kier molecular flexibility index (Phi) is 2.92. The van der Waals surface area contributed by atoms with Gasteiger partial charge in [-0.1, -0.05) is 30.3 Å². The molecule has 0 aliphatic rings. The highest BCUT2D eigenvalue weighted by Crippen LogP contribution is 2.34. The zero-order valence-electron chi connectivity index (χ0n) is 8.73. The number of nitrogens with one attached hydrogen (secondary N) is 1. The molecule has 1 aromatic heterocycles. The van der Waals surface area contributed by atoms with Gasteiger partial charge in [0.1, 0.15) is 4.88 Å². The smallest absolute Gasteiger partial charge is 0.348 e. The Morgan fingerprint density at radius 3 is 2.50 bits per heavy atom. The van der Waals surface area contributed by atoms with Crippen molar-refractivity contribution in [3.63, 3.8) is 0 Å². The van der Waals surface area contributed by atoms with Crippen LogP contribution in [0, 0.1) is 0 Å². The first-order valence-electron chi connectivity index (χ1n) is 4.82. The molecule has 1 aromatic carbocycles. The molecule has 3 nitrogen and oxygen atoms in total. The number of carboxylic acids is 1. The summed E-state index contributed by atoms with van der Waals surface area (Å²) in [5, 5.41) is 11.9. The zero-order valence-corrected chi connectivity index (χ0v) is 9.54. The lowest BCUT2D eigenvalue weighted by atomic mass is 10.2. The molecule has 0 unspecified atom stereocenters. The molecule has 2 N–H and O–H groups in total. The number of aromatic carboxylic acids is 1. The van der Waals surface area contributed by atoms with E-state index in [2.05, 4.69) is 5.32 Å². The molecular formula is C12H11NO2S. The predicted octanol–water partition coefficient (Wildman–Crippen LogP) is 3.16. The maximum Gasteiger partial charge on any atom is 0.348 e. The van der Waals surface area contributed by atoms with E-state index < -0.39 is 5.97 Å². The quantitative estimate of drug-likeness (QED) is 0.856. The summed E-state index contributed by atoms with van der Waals surface area (Å²) in [4.78, 5) is 12.3. The topological polar surface area (TPSA) is 49.3 Å². The van der Waals surface area contributed by atoms with Gasteiger partial charge in [0, 0.05) is 11.9 Å². The molecule has 0 aliphatic carbocycles. The molecule has 0 aliphatic heterocycles. The minimum Gasteiger partial charge on any atom is -0.477 e. The number of anilines is 1. The van der Waals surface area contributed by atoms with E-state index in [1.54, 1.807) is 7.05 Å². The summed E-state index contributed by atoms with van der Waals surface area (Å²) < 4.78 is 0. The average molecular weight is 233 g/mol. The van der Waals surface area contributed by atoms with Crippen LogP contribution in [0.2, 0.25) is 0 Å². The van der Waals surface area contributed by atoms with Crippen LogP contribution in [0.25, 0.3) is 10.4 Å². The van der Waals surface area contributed by atoms with Gasteiger partial charge < -0.3 is 10.4 Å². The minimum absolute atomic E-state index is 0.348. The molecule has 0 bridgehead atoms. The number of thiophene rings is 1. The molecule has 0 spiro atoms. The molecule has 16 heavy (non-hydrogen) atoms. The largest absolute Gasteiger partial charge is 0.477 e. The molecule has 1 heterocycles. The van der Waals surface area contributed by atoms with Gasteiger partial charge in [-0.15, -0.1) is 11.3 Å². The Morgan fingerprint density at radius 1 is 1.31 bits per heavy atom. The normalized spacial score (nSPS) is 10.1. The number of hydrogen-bond donors (Lipinski definition) is 2. The van der Waals surface area contributed by atoms with E-state index in [1.165, 1.54) is 11.3 Å². The van der Waals surface area contributed by atoms with Crippen molar-refractivity contribution in [3.8, 4) is 10.4 Å². The van der Waals surface area contributed by atoms with E-state index >= 15 is 0 Å². The van der Waals surface area contributed by atoms with Gasteiger partial charge in [0.2, 0.25) is 0 Å². The van der Waals surface area contributed by atoms with Crippen LogP contribution in [0.4, 0.5) is 5.69 Å². The van der Waals surface area contributed by atoms with Crippen LogP contribution < -0.4 is 5.32 Å². The van der Waals surface area contributed by atoms with Gasteiger partial charge in [-0.25, -0.2) is 4.79 Å². The van der Waals surface area contributed by atoms with Crippen LogP contribution in [0.15, 0.2) is 36.4 Å². The predicted molar refractivity (Wildman–Crippen MR) is 66.3 cm³/mol. The SMILES string of the molecule is CNc1cc(-c2ccccc2)sc1C(=O)O. The van der Waals surface area contributed by atoms with E-state index in [-0.39, 0.29) is 0 Å². The van der Waals surface area contributed by atoms with Crippen molar-refractivity contribution in [1.82, 2.24) is 0 Å². The molecule has 4 heteroatoms. The maximum absolute atomic E-state index is 11.0. The molecule has 0 saturated carbocycles. The summed E-state index contributed by atoms with van der Waals surface area (Å²) >= 11 is 1.28. The summed E-state index contributed by atoms with van der Waals surface area (Å²) in [7, 11) is 1.73. The Balaban J connectivity index is 2.48. The lowest BCUT2D eigenvalue weighted by molar-refractivity contribution is 0.0703. The summed E-state index contributed by atoms with van der Waals surface area (Å²) in [6.45, 7) is 0. The monoisotopic (exact) mass is 233 g/mol. The van der Waals surface area contributed by atoms with Crippen molar-refractivity contribution < 1.29 is 9.90 Å². The Morgan fingerprint density at radius 2 is 2.00 bits per heavy atom. The highest BCUT2D eigenvalue weighted by Gasteiger charge is 2.14. The maximum atomic E-state index is 11.0. The van der Waals surface area contributed by atoms with Crippen LogP contribution >= 0.6 is 11.3 Å². The standard InChI is InChI=1S/C12H11NO2S/c1-13-9-7-10(16-11(9)12(14)15)8-5-3-2-4-6-8/h2-7,13H,1H3,(H,14,15). The molecule has 0 radical (unpaired) electrons. The first-order chi connectivity index (χ1) is 7.72. The van der Waals surface area contributed by atoms with Crippen LogP contribution in [0.5, 0.6) is 0 Å². The first-order valence-corrected chi connectivity index (χ1v) is 5.64. The van der Waals surface area contributed by atoms with Crippen LogP contribution in [-0.4, -0.2) is 18.1 Å². The molecule has 0 fully saturated rings. The van der Waals surface area contributed by atoms with Crippen LogP contribution in [-0.2, 0) is 0 Å². The summed E-state index contributed by atoms with van der Waals surface area (Å²) in [5.74, 6) is -0.892. The van der Waals surface area contributed by atoms with E-state index in [9.17, 15) is 4.79 Å². The van der Waals surface area contributed by atoms with Crippen molar-refractivity contribution in [1.29, 1.82) is 0 Å². The zero-order chi connectivity index (χ0) is 11.5. The summed E-state index contributed by atoms with van der Waals surface area (Å²) in [6, 6.07) is 11.6. The highest BCUT2D eigenvalue weighted by molar-refractivity contribution is 7.18. The van der Waals surface area contributed by atoms with Gasteiger partial charge in [-0.05, 0) is 11.6 Å². The highest BCUT2D eigenvalue weighted by atomic mass is 32.1. The Hall–Kier alpha value is -1.81. The third-order valence-electron chi connectivity index (χ3n) is 2.25. The van der Waals surface area contributed by atoms with Gasteiger partial charge in [-0.2, -0.15) is 0 Å². The van der Waals surface area contributed by atoms with E-state index in [0.29, 0.717) is 10.6 Å². The van der Waals surface area contributed by atoms with Gasteiger partial charge in [0.25, 0.3) is 0 Å². The second-order valence-corrected chi connectivity index (χ2v) is 4.33. The number of benzene rings is 1. The summed E-state index contributed by atoms with van der Waals surface area (Å²) in [6.07, 6.45) is 0. The van der Waals surface area contributed by atoms with Crippen molar-refractivity contribution >= 4 is 23.0 Å². The summed E-state index contributed by atoms with van der Waals surface area (Å²) in [5.41, 5.74) is 1.70. The first kappa shape index (κ1) is 10.7. The van der Waals surface area contributed by atoms with E-state index in [4.69, 9.17) is 5.11 Å². The Bertz CT molecular complexity index is 505. The molecule has 2 rings (SSSR count). The molecule has 0 amide bonds. The number of carbonyl (C=O) groups is 1. The number of hydrogen-bond acceptors (Lipinski definition) is 3. The molecule has 0 saturated heterocycles. The van der Waals surface area contributed by atoms with Crippen molar-refractivity contribution in [2.45, 2.75) is 0 Å². The second-order valence-electron chi connectivity index (χ2n) is 3.27. The Labute approximate surface area is 97.4 Å².